The highest BCUT2D eigenvalue weighted by molar-refractivity contribution is 5.87. The van der Waals surface area contributed by atoms with Crippen LogP contribution >= 0.6 is 0 Å². The summed E-state index contributed by atoms with van der Waals surface area (Å²) in [6.07, 6.45) is 1.11. The molecule has 0 bridgehead atoms. The summed E-state index contributed by atoms with van der Waals surface area (Å²) in [6, 6.07) is 5.48. The third-order valence-electron chi connectivity index (χ3n) is 3.18. The van der Waals surface area contributed by atoms with Gasteiger partial charge in [0.25, 0.3) is 5.91 Å². The first-order chi connectivity index (χ1) is 8.11. The lowest BCUT2D eigenvalue weighted by atomic mass is 9.87. The highest BCUT2D eigenvalue weighted by Crippen LogP contribution is 2.37. The van der Waals surface area contributed by atoms with E-state index in [1.807, 2.05) is 0 Å². The fourth-order valence-electron chi connectivity index (χ4n) is 2.30. The van der Waals surface area contributed by atoms with Crippen LogP contribution in [-0.4, -0.2) is 22.7 Å². The maximum absolute atomic E-state index is 12.9. The van der Waals surface area contributed by atoms with Gasteiger partial charge in [0.05, 0.1) is 0 Å². The third kappa shape index (κ3) is 1.80. The molecular formula is C11H14FN3O2. The Hall–Kier alpha value is -1.50. The van der Waals surface area contributed by atoms with Crippen LogP contribution in [0.15, 0.2) is 24.3 Å². The largest absolute Gasteiger partial charge is 0.313 e. The normalized spacial score (nSPS) is 24.9. The van der Waals surface area contributed by atoms with E-state index in [0.717, 1.165) is 5.06 Å². The molecule has 0 radical (unpaired) electrons. The number of nitrogens with two attached hydrogens (primary N) is 1. The number of rotatable bonds is 2. The number of hydrazine groups is 1. The molecular weight excluding hydrogens is 225 g/mol. The molecule has 17 heavy (non-hydrogen) atoms. The Bertz CT molecular complexity index is 423. The van der Waals surface area contributed by atoms with E-state index in [1.165, 1.54) is 24.3 Å². The predicted octanol–water partition coefficient (Wildman–Crippen LogP) is 0.496. The molecule has 1 amide bonds. The lowest BCUT2D eigenvalue weighted by Crippen LogP contribution is -2.53. The first-order valence-electron chi connectivity index (χ1n) is 5.35. The Morgan fingerprint density at radius 1 is 1.47 bits per heavy atom. The van der Waals surface area contributed by atoms with Gasteiger partial charge in [-0.15, -0.1) is 0 Å². The van der Waals surface area contributed by atoms with Gasteiger partial charge in [0.15, 0.2) is 5.54 Å². The summed E-state index contributed by atoms with van der Waals surface area (Å²) in [6.45, 7) is 0.380. The number of halogens is 1. The maximum atomic E-state index is 12.9. The number of hydrogen-bond donors (Lipinski definition) is 3. The monoisotopic (exact) mass is 239 g/mol. The molecule has 1 aliphatic rings. The van der Waals surface area contributed by atoms with E-state index in [4.69, 9.17) is 5.84 Å². The minimum Gasteiger partial charge on any atom is -0.313 e. The molecule has 1 saturated heterocycles. The lowest BCUT2D eigenvalue weighted by Gasteiger charge is -2.32. The molecule has 1 atom stereocenters. The number of benzene rings is 1. The van der Waals surface area contributed by atoms with Crippen molar-refractivity contribution in [2.45, 2.75) is 18.4 Å². The molecule has 0 spiro atoms. The number of amides is 1. The predicted molar refractivity (Wildman–Crippen MR) is 58.1 cm³/mol. The standard InChI is InChI=1S/C11H14FN3O2/c12-9-4-2-8(3-5-9)11(10(16)14-13)6-1-7-15(11)17/h2-5,17H,1,6-7,13H2,(H,14,16). The second-order valence-corrected chi connectivity index (χ2v) is 4.07. The van der Waals surface area contributed by atoms with Crippen LogP contribution in [0.3, 0.4) is 0 Å². The third-order valence-corrected chi connectivity index (χ3v) is 3.18. The summed E-state index contributed by atoms with van der Waals surface area (Å²) < 4.78 is 12.9. The fraction of sp³-hybridized carbons (Fsp3) is 0.364. The van der Waals surface area contributed by atoms with Gasteiger partial charge in [-0.3, -0.25) is 10.2 Å². The highest BCUT2D eigenvalue weighted by Gasteiger charge is 2.48. The van der Waals surface area contributed by atoms with Crippen LogP contribution in [0, 0.1) is 5.82 Å². The van der Waals surface area contributed by atoms with Crippen molar-refractivity contribution in [1.29, 1.82) is 0 Å². The molecule has 1 aromatic carbocycles. The van der Waals surface area contributed by atoms with Crippen LogP contribution in [0.2, 0.25) is 0 Å². The van der Waals surface area contributed by atoms with Gasteiger partial charge in [0, 0.05) is 6.54 Å². The minimum absolute atomic E-state index is 0.380. The number of carbonyl (C=O) groups is 1. The van der Waals surface area contributed by atoms with Gasteiger partial charge in [0.1, 0.15) is 5.82 Å². The summed E-state index contributed by atoms with van der Waals surface area (Å²) >= 11 is 0. The van der Waals surface area contributed by atoms with Gasteiger partial charge < -0.3 is 5.21 Å². The average molecular weight is 239 g/mol. The molecule has 0 aromatic heterocycles. The maximum Gasteiger partial charge on any atom is 0.261 e. The highest BCUT2D eigenvalue weighted by atomic mass is 19.1. The second kappa shape index (κ2) is 4.40. The van der Waals surface area contributed by atoms with Crippen molar-refractivity contribution in [2.75, 3.05) is 6.54 Å². The first kappa shape index (κ1) is 12.0. The van der Waals surface area contributed by atoms with Crippen molar-refractivity contribution in [1.82, 2.24) is 10.5 Å². The first-order valence-corrected chi connectivity index (χ1v) is 5.35. The quantitative estimate of drug-likeness (QED) is 0.399. The molecule has 0 saturated carbocycles. The zero-order valence-electron chi connectivity index (χ0n) is 9.19. The van der Waals surface area contributed by atoms with Gasteiger partial charge >= 0.3 is 0 Å². The van der Waals surface area contributed by atoms with E-state index in [2.05, 4.69) is 5.43 Å². The Labute approximate surface area is 97.9 Å². The van der Waals surface area contributed by atoms with Gasteiger partial charge in [-0.2, -0.15) is 5.06 Å². The molecule has 2 rings (SSSR count). The van der Waals surface area contributed by atoms with Crippen LogP contribution in [0.5, 0.6) is 0 Å². The van der Waals surface area contributed by atoms with Gasteiger partial charge in [-0.25, -0.2) is 10.2 Å². The van der Waals surface area contributed by atoms with Crippen LogP contribution in [0.4, 0.5) is 4.39 Å². The van der Waals surface area contributed by atoms with Crippen LogP contribution in [0.1, 0.15) is 18.4 Å². The van der Waals surface area contributed by atoms with E-state index >= 15 is 0 Å². The van der Waals surface area contributed by atoms with Crippen molar-refractivity contribution in [3.05, 3.63) is 35.6 Å². The number of nitrogens with one attached hydrogen (secondary N) is 1. The molecule has 6 heteroatoms. The number of hydrogen-bond acceptors (Lipinski definition) is 4. The number of carbonyl (C=O) groups excluding carboxylic acids is 1. The van der Waals surface area contributed by atoms with E-state index < -0.39 is 11.4 Å². The Morgan fingerprint density at radius 2 is 2.12 bits per heavy atom. The van der Waals surface area contributed by atoms with Crippen LogP contribution < -0.4 is 11.3 Å². The van der Waals surface area contributed by atoms with Crippen molar-refractivity contribution >= 4 is 5.91 Å². The molecule has 92 valence electrons. The van der Waals surface area contributed by atoms with Gasteiger partial charge in [-0.05, 0) is 30.5 Å². The zero-order valence-corrected chi connectivity index (χ0v) is 9.19. The van der Waals surface area contributed by atoms with Crippen molar-refractivity contribution in [2.24, 2.45) is 5.84 Å². The molecule has 4 N–H and O–H groups in total. The van der Waals surface area contributed by atoms with Crippen LogP contribution in [0.25, 0.3) is 0 Å². The van der Waals surface area contributed by atoms with Crippen LogP contribution in [-0.2, 0) is 10.3 Å². The van der Waals surface area contributed by atoms with E-state index in [-0.39, 0.29) is 5.82 Å². The molecule has 1 aromatic rings. The summed E-state index contributed by atoms with van der Waals surface area (Å²) in [7, 11) is 0. The van der Waals surface area contributed by atoms with Crippen molar-refractivity contribution in [3.63, 3.8) is 0 Å². The second-order valence-electron chi connectivity index (χ2n) is 4.07. The molecule has 0 aliphatic carbocycles. The molecule has 5 nitrogen and oxygen atoms in total. The summed E-state index contributed by atoms with van der Waals surface area (Å²) in [5.74, 6) is 4.27. The lowest BCUT2D eigenvalue weighted by molar-refractivity contribution is -0.172. The molecule has 1 aliphatic heterocycles. The fourth-order valence-corrected chi connectivity index (χ4v) is 2.30. The van der Waals surface area contributed by atoms with Gasteiger partial charge in [-0.1, -0.05) is 12.1 Å². The van der Waals surface area contributed by atoms with Crippen molar-refractivity contribution in [3.8, 4) is 0 Å². The Morgan fingerprint density at radius 3 is 2.59 bits per heavy atom. The SMILES string of the molecule is NNC(=O)C1(c2ccc(F)cc2)CCCN1O. The van der Waals surface area contributed by atoms with E-state index in [9.17, 15) is 14.4 Å². The van der Waals surface area contributed by atoms with Crippen molar-refractivity contribution < 1.29 is 14.4 Å². The minimum atomic E-state index is -1.21. The average Bonchev–Trinajstić information content (AvgIpc) is 2.72. The summed E-state index contributed by atoms with van der Waals surface area (Å²) in [5, 5.41) is 10.8. The smallest absolute Gasteiger partial charge is 0.261 e. The summed E-state index contributed by atoms with van der Waals surface area (Å²) in [5.41, 5.74) is 1.38. The Balaban J connectivity index is 2.47. The number of nitrogens with zero attached hydrogens (tertiary/aromatic N) is 1. The van der Waals surface area contributed by atoms with Gasteiger partial charge in [0.2, 0.25) is 0 Å². The molecule has 1 heterocycles. The Kier molecular flexibility index (Phi) is 3.10. The van der Waals surface area contributed by atoms with E-state index in [1.54, 1.807) is 0 Å². The van der Waals surface area contributed by atoms with E-state index in [0.29, 0.717) is 24.9 Å². The zero-order chi connectivity index (χ0) is 12.5. The molecule has 1 fully saturated rings. The topological polar surface area (TPSA) is 78.6 Å². The summed E-state index contributed by atoms with van der Waals surface area (Å²) in [4.78, 5) is 11.9. The number of hydroxylamine groups is 2. The molecule has 1 unspecified atom stereocenters.